The Morgan fingerprint density at radius 3 is 0.800 bits per heavy atom. The molecule has 39 heteroatoms. The van der Waals surface area contributed by atoms with Crippen molar-refractivity contribution in [1.82, 2.24) is 4.67 Å². The summed E-state index contributed by atoms with van der Waals surface area (Å²) in [5.74, 6) is 0. The molecule has 0 bridgehead atoms. The van der Waals surface area contributed by atoms with E-state index in [2.05, 4.69) is 164 Å². The summed E-state index contributed by atoms with van der Waals surface area (Å²) < 4.78 is 103. The van der Waals surface area contributed by atoms with Crippen LogP contribution in [0.5, 0.6) is 0 Å². The minimum atomic E-state index is -3.90. The summed E-state index contributed by atoms with van der Waals surface area (Å²) in [6.07, 6.45) is 5.22. The molecule has 0 heterocycles. The molecule has 0 atom stereocenters. The summed E-state index contributed by atoms with van der Waals surface area (Å²) in [6, 6.07) is 0. The fraction of sp³-hybridized carbons (Fsp3) is 0.905. The zero-order valence-electron chi connectivity index (χ0n) is 36.4. The number of hydrogen-bond acceptors (Lipinski definition) is 26. The van der Waals surface area contributed by atoms with E-state index >= 15 is 0 Å². The molecule has 0 N–H and O–H groups in total. The van der Waals surface area contributed by atoms with Gasteiger partial charge in [-0.2, -0.15) is 0 Å². The molecule has 0 rings (SSSR count). The van der Waals surface area contributed by atoms with Crippen LogP contribution in [0.4, 0.5) is 0 Å². The van der Waals surface area contributed by atoms with E-state index < -0.39 is 51.6 Å². The molecule has 0 aromatic rings. The number of terminal acetylenes is 1. The van der Waals surface area contributed by atoms with Gasteiger partial charge in [0.05, 0.1) is 5.69 Å². The Hall–Kier alpha value is 4.82. The average molecular weight is 1370 g/mol. The van der Waals surface area contributed by atoms with Crippen LogP contribution in [-0.4, -0.2) is 200 Å². The Balaban J connectivity index is -0.0000000704. The molecule has 0 aromatic heterocycles. The van der Waals surface area contributed by atoms with Crippen LogP contribution in [0.1, 0.15) is 0 Å². The number of hydrogen-bond donors (Lipinski definition) is 0. The van der Waals surface area contributed by atoms with E-state index in [9.17, 15) is 28.4 Å². The van der Waals surface area contributed by atoms with Crippen molar-refractivity contribution in [2.24, 2.45) is 0 Å². The van der Waals surface area contributed by atoms with Crippen molar-refractivity contribution in [3.63, 3.8) is 0 Å². The van der Waals surface area contributed by atoms with Gasteiger partial charge >= 0.3 is 179 Å². The third-order valence-corrected chi connectivity index (χ3v) is 24.0. The number of rotatable bonds is 17. The fourth-order valence-electron chi connectivity index (χ4n) is 0.923. The van der Waals surface area contributed by atoms with Gasteiger partial charge in [0.1, 0.15) is 6.72 Å². The van der Waals surface area contributed by atoms with E-state index in [-0.39, 0.29) is 0 Å². The van der Waals surface area contributed by atoms with Crippen LogP contribution < -0.4 is 14.7 Å². The van der Waals surface area contributed by atoms with Gasteiger partial charge in [0.2, 0.25) is 0 Å². The van der Waals surface area contributed by atoms with Crippen molar-refractivity contribution < 1.29 is 101 Å². The minimum absolute atomic E-state index is 1.04. The van der Waals surface area contributed by atoms with Crippen LogP contribution in [0.25, 0.3) is 0 Å². The molecule has 0 aliphatic heterocycles. The van der Waals surface area contributed by atoms with E-state index in [1.807, 2.05) is 0 Å². The Morgan fingerprint density at radius 1 is 0.517 bits per heavy atom. The van der Waals surface area contributed by atoms with Gasteiger partial charge in [-0.1, -0.05) is 23.6 Å². The molecule has 23 nitrogen and oxygen atoms in total. The van der Waals surface area contributed by atoms with E-state index in [1.54, 1.807) is 28.3 Å². The number of phosphoric ester groups is 1. The zero-order valence-corrected chi connectivity index (χ0v) is 53.7. The summed E-state index contributed by atoms with van der Waals surface area (Å²) in [5, 5.41) is -1.95. The molecule has 0 aromatic carbocycles. The summed E-state index contributed by atoms with van der Waals surface area (Å²) in [7, 11) is 15.6. The Kier molecular flexibility index (Phi) is 68.9. The first-order valence-corrected chi connectivity index (χ1v) is 39.7. The first kappa shape index (κ1) is 84.7. The van der Waals surface area contributed by atoms with Gasteiger partial charge in [-0.05, 0) is 14.1 Å². The molecule has 0 saturated heterocycles. The quantitative estimate of drug-likeness (QED) is 0.0873. The molecule has 60 heavy (non-hydrogen) atoms. The predicted octanol–water partition coefficient (Wildman–Crippen LogP) is 3.41. The summed E-state index contributed by atoms with van der Waals surface area (Å²) >= 11 is 28.7. The molecule has 0 radical (unpaired) electrons. The second-order valence-corrected chi connectivity index (χ2v) is 45.5. The summed E-state index contributed by atoms with van der Waals surface area (Å²) in [6.45, 7) is -1.66. The Labute approximate surface area is 409 Å². The Bertz CT molecular complexity index is 1130. The molecular formula is C21H59NO22P8S4Se4-6. The van der Waals surface area contributed by atoms with Crippen molar-refractivity contribution in [3.05, 3.63) is 0 Å². The fourth-order valence-corrected chi connectivity index (χ4v) is 2.77. The van der Waals surface area contributed by atoms with Gasteiger partial charge in [0, 0.05) is 77.8 Å². The molecular weight excluding hydrogens is 1310 g/mol. The molecule has 0 fully saturated rings. The standard InChI is InChI=1S/C4H12NO3P.C3H9O3P.C2H7O4P.C2H7O3PS.C2H7O3PSe.C2H7O2PS2.C2H7O2PSSe.C2H7O2PSe2.C2H2/c1-5(2)9(6,7-3)8-4;2*1-5-7(3,4)6-2;2*1-4-6(3,7)5-2;3*1-3-5(6,7)4-2;1-2/h1-4H3;1-3H3;1-2H3,(H,3,4);2*1-2H3,(H,3,7);3*1-2H3,(H,6,7);1-2H/p-6. The molecule has 0 unspecified atom stereocenters. The van der Waals surface area contributed by atoms with Crippen molar-refractivity contribution in [2.75, 3.05) is 135 Å². The van der Waals surface area contributed by atoms with Crippen molar-refractivity contribution in [3.8, 4) is 12.8 Å². The van der Waals surface area contributed by atoms with Gasteiger partial charge in [-0.25, -0.2) is 9.24 Å². The van der Waals surface area contributed by atoms with Crippen LogP contribution in [0.3, 0.4) is 0 Å². The SMILES string of the molecule is C#C.COP(=O)(OC)N(C)C.COP(=O)([O-])OC.COP(=S)([S-])OC.COP(=[Se])([Se-])OC.COP(C)(=O)OC.COP([O-])(=S)OC.COP([O-])(=[Se])OC.COP([S-])(=[Se])OC. The number of phosphoric acid groups is 1. The maximum atomic E-state index is 11.1. The topological polar surface area (TPSA) is 271 Å². The second kappa shape index (κ2) is 48.8. The molecule has 0 aliphatic carbocycles. The zero-order chi connectivity index (χ0) is 50.9. The molecule has 374 valence electrons. The van der Waals surface area contributed by atoms with Crippen LogP contribution in [0, 0.1) is 12.8 Å². The summed E-state index contributed by atoms with van der Waals surface area (Å²) in [4.78, 5) is 30.7. The van der Waals surface area contributed by atoms with Gasteiger partial charge in [-0.15, -0.1) is 12.8 Å². The first-order chi connectivity index (χ1) is 26.9. The van der Waals surface area contributed by atoms with Gasteiger partial charge in [-0.3, -0.25) is 18.2 Å². The maximum absolute atomic E-state index is 11.1. The third-order valence-electron chi connectivity index (χ3n) is 4.30. The van der Waals surface area contributed by atoms with Crippen LogP contribution in [-0.2, 0) is 134 Å². The Morgan fingerprint density at radius 2 is 0.800 bits per heavy atom. The molecule has 0 aliphatic rings. The summed E-state index contributed by atoms with van der Waals surface area (Å²) in [5.41, 5.74) is -2.24. The van der Waals surface area contributed by atoms with Crippen molar-refractivity contribution in [1.29, 1.82) is 0 Å². The third kappa shape index (κ3) is 69.4. The van der Waals surface area contributed by atoms with Crippen LogP contribution >= 0.6 is 51.6 Å². The van der Waals surface area contributed by atoms with Crippen molar-refractivity contribution >= 4 is 161 Å². The molecule has 0 amide bonds. The molecule has 0 saturated carbocycles. The average Bonchev–Trinajstić information content (AvgIpc) is 3.25. The monoisotopic (exact) mass is 1370 g/mol. The van der Waals surface area contributed by atoms with Gasteiger partial charge in [0.25, 0.3) is 7.82 Å². The normalized spacial score (nSPS) is 11.6. The number of nitrogens with zero attached hydrogens (tertiary/aromatic N) is 1. The predicted molar refractivity (Wildman–Crippen MR) is 252 cm³/mol. The molecule has 0 spiro atoms. The van der Waals surface area contributed by atoms with Crippen LogP contribution in [0.15, 0.2) is 0 Å². The first-order valence-electron chi connectivity index (χ1n) is 13.9. The van der Waals surface area contributed by atoms with E-state index in [4.69, 9.17) is 30.3 Å². The second-order valence-electron chi connectivity index (χ2n) is 7.69. The van der Waals surface area contributed by atoms with E-state index in [1.165, 1.54) is 96.7 Å². The van der Waals surface area contributed by atoms with Gasteiger partial charge < -0.3 is 58.2 Å². The van der Waals surface area contributed by atoms with Gasteiger partial charge in [0.15, 0.2) is 0 Å². The van der Waals surface area contributed by atoms with E-state index in [0.29, 0.717) is 0 Å². The van der Waals surface area contributed by atoms with E-state index in [0.717, 1.165) is 14.2 Å². The van der Waals surface area contributed by atoms with Crippen molar-refractivity contribution in [2.45, 2.75) is 0 Å². The van der Waals surface area contributed by atoms with Crippen LogP contribution in [0.2, 0.25) is 0 Å².